The Morgan fingerprint density at radius 2 is 1.89 bits per heavy atom. The number of ether oxygens (including phenoxy) is 2. The van der Waals surface area contributed by atoms with Crippen molar-refractivity contribution >= 4 is 22.0 Å². The maximum atomic E-state index is 5.39. The fraction of sp³-hybridized carbons (Fsp3) is 0.200. The van der Waals surface area contributed by atoms with Gasteiger partial charge in [0, 0.05) is 16.4 Å². The second-order valence-electron chi connectivity index (χ2n) is 4.22. The van der Waals surface area contributed by atoms with Gasteiger partial charge >= 0.3 is 0 Å². The summed E-state index contributed by atoms with van der Waals surface area (Å²) in [5.74, 6) is 0. The normalized spacial score (nSPS) is 16.5. The number of benzene rings is 1. The van der Waals surface area contributed by atoms with Crippen LogP contribution in [0.2, 0.25) is 0 Å². The van der Waals surface area contributed by atoms with E-state index in [1.165, 1.54) is 0 Å². The van der Waals surface area contributed by atoms with Gasteiger partial charge in [-0.25, -0.2) is 0 Å². The minimum Gasteiger partial charge on any atom is -0.347 e. The van der Waals surface area contributed by atoms with Gasteiger partial charge < -0.3 is 14.0 Å². The largest absolute Gasteiger partial charge is 0.347 e. The molecule has 0 bridgehead atoms. The van der Waals surface area contributed by atoms with Gasteiger partial charge in [0.1, 0.15) is 0 Å². The van der Waals surface area contributed by atoms with Crippen molar-refractivity contribution in [2.24, 2.45) is 0 Å². The van der Waals surface area contributed by atoms with Gasteiger partial charge in [0.05, 0.1) is 18.9 Å². The van der Waals surface area contributed by atoms with E-state index in [9.17, 15) is 0 Å². The second-order valence-corrected chi connectivity index (χ2v) is 5.08. The Morgan fingerprint density at radius 3 is 2.68 bits per heavy atom. The molecule has 0 spiro atoms. The lowest BCUT2D eigenvalue weighted by molar-refractivity contribution is -0.000920. The molecule has 1 aromatic carbocycles. The topological polar surface area (TPSA) is 23.4 Å². The number of halogens is 1. The van der Waals surface area contributed by atoms with Crippen molar-refractivity contribution < 1.29 is 9.47 Å². The van der Waals surface area contributed by atoms with E-state index in [0.717, 1.165) is 15.9 Å². The molecule has 1 aliphatic heterocycles. The Balaban J connectivity index is 1.88. The van der Waals surface area contributed by atoms with E-state index in [1.807, 2.05) is 42.6 Å². The highest BCUT2D eigenvalue weighted by atomic mass is 79.9. The van der Waals surface area contributed by atoms with Crippen molar-refractivity contribution in [3.05, 3.63) is 58.8 Å². The fourth-order valence-electron chi connectivity index (χ4n) is 2.06. The molecule has 0 aliphatic carbocycles. The van der Waals surface area contributed by atoms with Crippen LogP contribution < -0.4 is 0 Å². The lowest BCUT2D eigenvalue weighted by Crippen LogP contribution is -2.02. The van der Waals surface area contributed by atoms with Gasteiger partial charge in [0.15, 0.2) is 6.29 Å². The summed E-state index contributed by atoms with van der Waals surface area (Å²) in [6, 6.07) is 12.2. The van der Waals surface area contributed by atoms with Crippen molar-refractivity contribution in [1.82, 2.24) is 4.57 Å². The fourth-order valence-corrected chi connectivity index (χ4v) is 2.54. The third-order valence-corrected chi connectivity index (χ3v) is 3.63. The number of hydrogen-bond donors (Lipinski definition) is 0. The Kier molecular flexibility index (Phi) is 3.82. The van der Waals surface area contributed by atoms with Crippen molar-refractivity contribution in [2.75, 3.05) is 13.2 Å². The standard InChI is InChI=1S/C15H14BrNO2/c16-13-5-1-2-6-14(13)17-9-3-4-12(17)7-8-15-18-10-11-19-15/h1-9,15H,10-11H2/b8-7+. The van der Waals surface area contributed by atoms with Crippen molar-refractivity contribution in [2.45, 2.75) is 6.29 Å². The lowest BCUT2D eigenvalue weighted by atomic mass is 10.3. The molecule has 3 rings (SSSR count). The van der Waals surface area contributed by atoms with Crippen molar-refractivity contribution in [1.29, 1.82) is 0 Å². The quantitative estimate of drug-likeness (QED) is 0.862. The van der Waals surface area contributed by atoms with E-state index in [-0.39, 0.29) is 6.29 Å². The average molecular weight is 320 g/mol. The molecule has 0 saturated carbocycles. The molecule has 4 heteroatoms. The first-order valence-electron chi connectivity index (χ1n) is 6.18. The van der Waals surface area contributed by atoms with Gasteiger partial charge in [0.2, 0.25) is 0 Å². The summed E-state index contributed by atoms with van der Waals surface area (Å²) in [7, 11) is 0. The van der Waals surface area contributed by atoms with Gasteiger partial charge in [-0.3, -0.25) is 0 Å². The molecule has 0 unspecified atom stereocenters. The van der Waals surface area contributed by atoms with E-state index in [0.29, 0.717) is 13.2 Å². The molecule has 0 amide bonds. The van der Waals surface area contributed by atoms with Crippen LogP contribution in [0.3, 0.4) is 0 Å². The monoisotopic (exact) mass is 319 g/mol. The first-order valence-corrected chi connectivity index (χ1v) is 6.97. The number of rotatable bonds is 3. The third kappa shape index (κ3) is 2.81. The Hall–Kier alpha value is -1.36. The highest BCUT2D eigenvalue weighted by Crippen LogP contribution is 2.23. The highest BCUT2D eigenvalue weighted by Gasteiger charge is 2.12. The van der Waals surface area contributed by atoms with Gasteiger partial charge in [-0.05, 0) is 52.3 Å². The molecule has 0 atom stereocenters. The molecule has 2 heterocycles. The smallest absolute Gasteiger partial charge is 0.177 e. The minimum atomic E-state index is -0.220. The van der Waals surface area contributed by atoms with Crippen molar-refractivity contribution in [3.63, 3.8) is 0 Å². The first-order chi connectivity index (χ1) is 9.34. The zero-order chi connectivity index (χ0) is 13.1. The molecule has 1 saturated heterocycles. The van der Waals surface area contributed by atoms with Crippen LogP contribution in [0, 0.1) is 0 Å². The van der Waals surface area contributed by atoms with Gasteiger partial charge in [-0.1, -0.05) is 12.1 Å². The molecule has 0 N–H and O–H groups in total. The molecule has 1 fully saturated rings. The number of aromatic nitrogens is 1. The predicted molar refractivity (Wildman–Crippen MR) is 78.2 cm³/mol. The average Bonchev–Trinajstić information content (AvgIpc) is 3.08. The summed E-state index contributed by atoms with van der Waals surface area (Å²) < 4.78 is 14.0. The SMILES string of the molecule is Brc1ccccc1-n1cccc1/C=C/C1OCCO1. The summed E-state index contributed by atoms with van der Waals surface area (Å²) in [5.41, 5.74) is 2.20. The maximum Gasteiger partial charge on any atom is 0.177 e. The van der Waals surface area contributed by atoms with Crippen LogP contribution >= 0.6 is 15.9 Å². The second kappa shape index (κ2) is 5.74. The Bertz CT molecular complexity index is 585. The summed E-state index contributed by atoms with van der Waals surface area (Å²) >= 11 is 3.57. The summed E-state index contributed by atoms with van der Waals surface area (Å²) in [6.45, 7) is 1.33. The van der Waals surface area contributed by atoms with Gasteiger partial charge in [-0.15, -0.1) is 0 Å². The first kappa shape index (κ1) is 12.7. The van der Waals surface area contributed by atoms with Crippen LogP contribution in [-0.4, -0.2) is 24.1 Å². The van der Waals surface area contributed by atoms with Crippen molar-refractivity contribution in [3.8, 4) is 5.69 Å². The van der Waals surface area contributed by atoms with E-state index < -0.39 is 0 Å². The van der Waals surface area contributed by atoms with Crippen LogP contribution in [0.4, 0.5) is 0 Å². The van der Waals surface area contributed by atoms with Crippen LogP contribution in [0.1, 0.15) is 5.69 Å². The van der Waals surface area contributed by atoms with E-state index in [1.54, 1.807) is 0 Å². The summed E-state index contributed by atoms with van der Waals surface area (Å²) in [6.07, 6.45) is 5.78. The van der Waals surface area contributed by atoms with Crippen LogP contribution in [0.15, 0.2) is 53.1 Å². The Labute approximate surface area is 120 Å². The predicted octanol–water partition coefficient (Wildman–Crippen LogP) is 3.63. The molecule has 3 nitrogen and oxygen atoms in total. The Morgan fingerprint density at radius 1 is 1.11 bits per heavy atom. The highest BCUT2D eigenvalue weighted by molar-refractivity contribution is 9.10. The molecule has 1 aromatic heterocycles. The summed E-state index contributed by atoms with van der Waals surface area (Å²) in [4.78, 5) is 0. The van der Waals surface area contributed by atoms with Crippen LogP contribution in [0.25, 0.3) is 11.8 Å². The number of nitrogens with zero attached hydrogens (tertiary/aromatic N) is 1. The van der Waals surface area contributed by atoms with Gasteiger partial charge in [-0.2, -0.15) is 0 Å². The molecule has 1 aliphatic rings. The maximum absolute atomic E-state index is 5.39. The lowest BCUT2D eigenvalue weighted by Gasteiger charge is -2.09. The molecule has 19 heavy (non-hydrogen) atoms. The molecular weight excluding hydrogens is 306 g/mol. The third-order valence-electron chi connectivity index (χ3n) is 2.96. The molecule has 2 aromatic rings. The summed E-state index contributed by atoms with van der Waals surface area (Å²) in [5, 5.41) is 0. The van der Waals surface area contributed by atoms with Crippen LogP contribution in [0.5, 0.6) is 0 Å². The zero-order valence-electron chi connectivity index (χ0n) is 10.3. The van der Waals surface area contributed by atoms with E-state index >= 15 is 0 Å². The minimum absolute atomic E-state index is 0.220. The molecular formula is C15H14BrNO2. The van der Waals surface area contributed by atoms with E-state index in [4.69, 9.17) is 9.47 Å². The van der Waals surface area contributed by atoms with E-state index in [2.05, 4.69) is 32.6 Å². The van der Waals surface area contributed by atoms with Crippen LogP contribution in [-0.2, 0) is 9.47 Å². The molecule has 0 radical (unpaired) electrons. The van der Waals surface area contributed by atoms with Gasteiger partial charge in [0.25, 0.3) is 0 Å². The number of hydrogen-bond acceptors (Lipinski definition) is 2. The number of para-hydroxylation sites is 1. The molecule has 98 valence electrons. The zero-order valence-corrected chi connectivity index (χ0v) is 11.9.